The topological polar surface area (TPSA) is 31.4 Å². The van der Waals surface area contributed by atoms with Crippen molar-refractivity contribution in [1.82, 2.24) is 4.98 Å². The van der Waals surface area contributed by atoms with Crippen LogP contribution in [0.25, 0.3) is 11.6 Å². The van der Waals surface area contributed by atoms with Gasteiger partial charge in [-0.2, -0.15) is 0 Å². The van der Waals surface area contributed by atoms with E-state index in [-0.39, 0.29) is 6.10 Å². The highest BCUT2D eigenvalue weighted by molar-refractivity contribution is 5.91. The first kappa shape index (κ1) is 19.3. The van der Waals surface area contributed by atoms with Crippen LogP contribution in [-0.4, -0.2) is 18.2 Å². The molecule has 3 heteroatoms. The highest BCUT2D eigenvalue weighted by atomic mass is 16.5. The lowest BCUT2D eigenvalue weighted by Gasteiger charge is -2.18. The lowest BCUT2D eigenvalue weighted by Crippen LogP contribution is -2.11. The van der Waals surface area contributed by atoms with E-state index in [9.17, 15) is 0 Å². The summed E-state index contributed by atoms with van der Waals surface area (Å²) in [5, 5.41) is 0. The lowest BCUT2D eigenvalue weighted by atomic mass is 9.96. The zero-order valence-electron chi connectivity index (χ0n) is 17.1. The zero-order chi connectivity index (χ0) is 20.1. The third-order valence-corrected chi connectivity index (χ3v) is 5.38. The van der Waals surface area contributed by atoms with Gasteiger partial charge in [0.1, 0.15) is 0 Å². The number of methoxy groups -OCH3 is 1. The Kier molecular flexibility index (Phi) is 5.95. The van der Waals surface area contributed by atoms with Gasteiger partial charge in [-0.15, -0.1) is 0 Å². The fraction of sp³-hybridized carbons (Fsp3) is 0.269. The maximum absolute atomic E-state index is 6.33. The highest BCUT2D eigenvalue weighted by Gasteiger charge is 2.19. The molecule has 4 rings (SSSR count). The van der Waals surface area contributed by atoms with E-state index in [1.807, 2.05) is 24.4 Å². The van der Waals surface area contributed by atoms with Gasteiger partial charge in [-0.3, -0.25) is 4.98 Å². The summed E-state index contributed by atoms with van der Waals surface area (Å²) < 4.78 is 11.9. The van der Waals surface area contributed by atoms with Crippen LogP contribution in [0.4, 0.5) is 0 Å². The molecule has 29 heavy (non-hydrogen) atoms. The van der Waals surface area contributed by atoms with Crippen molar-refractivity contribution in [2.75, 3.05) is 7.11 Å². The van der Waals surface area contributed by atoms with E-state index < -0.39 is 0 Å². The van der Waals surface area contributed by atoms with E-state index in [2.05, 4.69) is 60.4 Å². The average Bonchev–Trinajstić information content (AvgIpc) is 3.26. The molecular weight excluding hydrogens is 358 g/mol. The summed E-state index contributed by atoms with van der Waals surface area (Å²) in [5.41, 5.74) is 5.49. The molecule has 0 atom stereocenters. The van der Waals surface area contributed by atoms with Crippen LogP contribution in [0, 0.1) is 6.92 Å². The number of pyridine rings is 1. The largest absolute Gasteiger partial charge is 0.493 e. The fourth-order valence-electron chi connectivity index (χ4n) is 3.86. The van der Waals surface area contributed by atoms with Crippen molar-refractivity contribution in [3.63, 3.8) is 0 Å². The fourth-order valence-corrected chi connectivity index (χ4v) is 3.86. The number of aromatic nitrogens is 1. The van der Waals surface area contributed by atoms with Crippen molar-refractivity contribution in [3.05, 3.63) is 89.2 Å². The van der Waals surface area contributed by atoms with Crippen LogP contribution < -0.4 is 9.47 Å². The van der Waals surface area contributed by atoms with Crippen LogP contribution in [0.1, 0.15) is 48.1 Å². The van der Waals surface area contributed by atoms with Crippen LogP contribution in [-0.2, 0) is 0 Å². The number of benzene rings is 2. The molecule has 3 nitrogen and oxygen atoms in total. The molecule has 0 saturated heterocycles. The first-order chi connectivity index (χ1) is 14.2. The van der Waals surface area contributed by atoms with Crippen LogP contribution in [0.2, 0.25) is 0 Å². The molecule has 1 heterocycles. The van der Waals surface area contributed by atoms with Crippen molar-refractivity contribution in [3.8, 4) is 11.5 Å². The molecule has 1 aromatic heterocycles. The number of ether oxygens (including phenoxy) is 2. The molecule has 0 N–H and O–H groups in total. The monoisotopic (exact) mass is 385 g/mol. The molecule has 0 bridgehead atoms. The van der Waals surface area contributed by atoms with E-state index in [0.29, 0.717) is 0 Å². The summed E-state index contributed by atoms with van der Waals surface area (Å²) in [7, 11) is 1.70. The number of nitrogens with zero attached hydrogens (tertiary/aromatic N) is 1. The SMILES string of the molecule is COc1ccc(C(=Cc2cc(C)ccn2)c2ccccc2)cc1OC1CCCC1. The molecule has 3 aromatic rings. The number of aryl methyl sites for hydroxylation is 1. The van der Waals surface area contributed by atoms with Gasteiger partial charge in [-0.1, -0.05) is 36.4 Å². The molecule has 1 aliphatic rings. The zero-order valence-corrected chi connectivity index (χ0v) is 17.1. The molecule has 1 saturated carbocycles. The summed E-state index contributed by atoms with van der Waals surface area (Å²) in [6.07, 6.45) is 8.98. The predicted octanol–water partition coefficient (Wildman–Crippen LogP) is 6.31. The molecule has 0 radical (unpaired) electrons. The van der Waals surface area contributed by atoms with E-state index >= 15 is 0 Å². The standard InChI is InChI=1S/C26H27NO2/c1-19-14-15-27-22(16-19)18-24(20-8-4-3-5-9-20)21-12-13-25(28-2)26(17-21)29-23-10-6-7-11-23/h3-5,8-9,12-18,23H,6-7,10-11H2,1-2H3. The molecule has 0 spiro atoms. The Morgan fingerprint density at radius 3 is 2.45 bits per heavy atom. The lowest BCUT2D eigenvalue weighted by molar-refractivity contribution is 0.201. The van der Waals surface area contributed by atoms with E-state index in [1.165, 1.54) is 18.4 Å². The van der Waals surface area contributed by atoms with Gasteiger partial charge in [0, 0.05) is 6.20 Å². The maximum Gasteiger partial charge on any atom is 0.162 e. The van der Waals surface area contributed by atoms with Crippen molar-refractivity contribution in [2.45, 2.75) is 38.7 Å². The summed E-state index contributed by atoms with van der Waals surface area (Å²) in [5.74, 6) is 1.60. The highest BCUT2D eigenvalue weighted by Crippen LogP contribution is 2.36. The molecule has 0 aliphatic heterocycles. The van der Waals surface area contributed by atoms with Crippen LogP contribution in [0.15, 0.2) is 66.9 Å². The summed E-state index contributed by atoms with van der Waals surface area (Å²) >= 11 is 0. The second kappa shape index (κ2) is 8.95. The van der Waals surface area contributed by atoms with Gasteiger partial charge in [0.25, 0.3) is 0 Å². The van der Waals surface area contributed by atoms with Crippen LogP contribution in [0.3, 0.4) is 0 Å². The van der Waals surface area contributed by atoms with Crippen LogP contribution >= 0.6 is 0 Å². The van der Waals surface area contributed by atoms with Gasteiger partial charge in [-0.05, 0) is 85.2 Å². The normalized spacial score (nSPS) is 14.8. The van der Waals surface area contributed by atoms with Gasteiger partial charge in [0.15, 0.2) is 11.5 Å². The quantitative estimate of drug-likeness (QED) is 0.498. The maximum atomic E-state index is 6.33. The average molecular weight is 386 g/mol. The first-order valence-electron chi connectivity index (χ1n) is 10.3. The Labute approximate surface area is 173 Å². The third-order valence-electron chi connectivity index (χ3n) is 5.38. The Morgan fingerprint density at radius 1 is 0.931 bits per heavy atom. The van der Waals surface area contributed by atoms with Crippen molar-refractivity contribution >= 4 is 11.6 Å². The van der Waals surface area contributed by atoms with Gasteiger partial charge in [0.05, 0.1) is 18.9 Å². The van der Waals surface area contributed by atoms with Gasteiger partial charge in [0.2, 0.25) is 0 Å². The molecule has 0 amide bonds. The van der Waals surface area contributed by atoms with Gasteiger partial charge in [-0.25, -0.2) is 0 Å². The Morgan fingerprint density at radius 2 is 1.72 bits per heavy atom. The van der Waals surface area contributed by atoms with Crippen molar-refractivity contribution < 1.29 is 9.47 Å². The summed E-state index contributed by atoms with van der Waals surface area (Å²) in [6.45, 7) is 2.09. The minimum absolute atomic E-state index is 0.279. The Balaban J connectivity index is 1.78. The third kappa shape index (κ3) is 4.68. The Bertz CT molecular complexity index is 989. The molecule has 148 valence electrons. The Hall–Kier alpha value is -3.07. The second-order valence-corrected chi connectivity index (χ2v) is 7.57. The first-order valence-corrected chi connectivity index (χ1v) is 10.3. The molecule has 1 aliphatic carbocycles. The number of rotatable bonds is 6. The van der Waals surface area contributed by atoms with Crippen LogP contribution in [0.5, 0.6) is 11.5 Å². The molecule has 0 unspecified atom stereocenters. The number of hydrogen-bond donors (Lipinski definition) is 0. The van der Waals surface area contributed by atoms with E-state index in [0.717, 1.165) is 46.7 Å². The van der Waals surface area contributed by atoms with E-state index in [1.54, 1.807) is 7.11 Å². The molecule has 2 aromatic carbocycles. The van der Waals surface area contributed by atoms with E-state index in [4.69, 9.17) is 9.47 Å². The van der Waals surface area contributed by atoms with Gasteiger partial charge >= 0.3 is 0 Å². The smallest absolute Gasteiger partial charge is 0.162 e. The summed E-state index contributed by atoms with van der Waals surface area (Å²) in [6, 6.07) is 20.7. The minimum atomic E-state index is 0.279. The predicted molar refractivity (Wildman–Crippen MR) is 118 cm³/mol. The summed E-state index contributed by atoms with van der Waals surface area (Å²) in [4.78, 5) is 4.54. The molecular formula is C26H27NO2. The number of hydrogen-bond acceptors (Lipinski definition) is 3. The van der Waals surface area contributed by atoms with Crippen molar-refractivity contribution in [2.24, 2.45) is 0 Å². The minimum Gasteiger partial charge on any atom is -0.493 e. The van der Waals surface area contributed by atoms with Gasteiger partial charge < -0.3 is 9.47 Å². The molecule has 1 fully saturated rings. The second-order valence-electron chi connectivity index (χ2n) is 7.57. The van der Waals surface area contributed by atoms with Crippen molar-refractivity contribution in [1.29, 1.82) is 0 Å².